The summed E-state index contributed by atoms with van der Waals surface area (Å²) in [6.45, 7) is 8.96. The molecule has 1 fully saturated rings. The van der Waals surface area contributed by atoms with Gasteiger partial charge in [0.15, 0.2) is 0 Å². The lowest BCUT2D eigenvalue weighted by Gasteiger charge is -2.33. The Labute approximate surface area is 109 Å². The first-order valence-corrected chi connectivity index (χ1v) is 6.48. The van der Waals surface area contributed by atoms with Crippen LogP contribution in [-0.2, 0) is 9.53 Å². The van der Waals surface area contributed by atoms with Crippen LogP contribution in [0.4, 0.5) is 4.79 Å². The van der Waals surface area contributed by atoms with E-state index in [1.807, 2.05) is 20.8 Å². The highest BCUT2D eigenvalue weighted by Gasteiger charge is 2.26. The van der Waals surface area contributed by atoms with Crippen molar-refractivity contribution < 1.29 is 14.3 Å². The number of piperidine rings is 1. The Morgan fingerprint density at radius 1 is 1.28 bits per heavy atom. The zero-order valence-electron chi connectivity index (χ0n) is 11.8. The van der Waals surface area contributed by atoms with Crippen LogP contribution in [0.3, 0.4) is 0 Å². The van der Waals surface area contributed by atoms with Gasteiger partial charge in [-0.25, -0.2) is 4.79 Å². The van der Waals surface area contributed by atoms with Gasteiger partial charge in [0.25, 0.3) is 0 Å². The van der Waals surface area contributed by atoms with Gasteiger partial charge < -0.3 is 15.0 Å². The molecule has 0 radical (unpaired) electrons. The largest absolute Gasteiger partial charge is 0.444 e. The molecule has 18 heavy (non-hydrogen) atoms. The van der Waals surface area contributed by atoms with Gasteiger partial charge in [-0.2, -0.15) is 0 Å². The lowest BCUT2D eigenvalue weighted by atomic mass is 10.1. The van der Waals surface area contributed by atoms with Crippen LogP contribution in [0.1, 0.15) is 40.5 Å². The van der Waals surface area contributed by atoms with Crippen LogP contribution in [0.2, 0.25) is 0 Å². The van der Waals surface area contributed by atoms with E-state index in [1.54, 1.807) is 11.8 Å². The third-order valence-corrected chi connectivity index (χ3v) is 2.79. The van der Waals surface area contributed by atoms with Gasteiger partial charge in [0.05, 0.1) is 6.54 Å². The molecule has 0 saturated carbocycles. The molecule has 1 aliphatic rings. The van der Waals surface area contributed by atoms with E-state index in [0.717, 1.165) is 12.8 Å². The topological polar surface area (TPSA) is 58.6 Å². The van der Waals surface area contributed by atoms with Crippen molar-refractivity contribution in [3.05, 3.63) is 0 Å². The first-order chi connectivity index (χ1) is 8.28. The maximum Gasteiger partial charge on any atom is 0.410 e. The SMILES string of the molecule is CC(=O)CNC1CCN(C(=O)OC(C)(C)C)CC1. The number of Topliss-reactive ketones (excluding diaryl/α,β-unsaturated/α-hetero) is 1. The van der Waals surface area contributed by atoms with Gasteiger partial charge in [0, 0.05) is 19.1 Å². The van der Waals surface area contributed by atoms with Crippen molar-refractivity contribution in [2.45, 2.75) is 52.2 Å². The third-order valence-electron chi connectivity index (χ3n) is 2.79. The van der Waals surface area contributed by atoms with Crippen molar-refractivity contribution in [1.82, 2.24) is 10.2 Å². The molecule has 0 aromatic rings. The van der Waals surface area contributed by atoms with Crippen LogP contribution in [0, 0.1) is 0 Å². The maximum absolute atomic E-state index is 11.8. The molecule has 1 rings (SSSR count). The molecule has 0 aromatic carbocycles. The standard InChI is InChI=1S/C13H24N2O3/c1-10(16)9-14-11-5-7-15(8-6-11)12(17)18-13(2,3)4/h11,14H,5-9H2,1-4H3. The number of carbonyl (C=O) groups is 2. The molecule has 0 bridgehead atoms. The van der Waals surface area contributed by atoms with E-state index in [1.165, 1.54) is 0 Å². The van der Waals surface area contributed by atoms with Gasteiger partial charge in [-0.05, 0) is 40.5 Å². The second-order valence-corrected chi connectivity index (χ2v) is 5.82. The van der Waals surface area contributed by atoms with Crippen LogP contribution in [0.25, 0.3) is 0 Å². The molecule has 1 N–H and O–H groups in total. The molecular weight excluding hydrogens is 232 g/mol. The number of amides is 1. The predicted octanol–water partition coefficient (Wildman–Crippen LogP) is 1.56. The number of rotatable bonds is 3. The Kier molecular flexibility index (Phi) is 5.14. The van der Waals surface area contributed by atoms with Gasteiger partial charge in [0.2, 0.25) is 0 Å². The van der Waals surface area contributed by atoms with Crippen LogP contribution < -0.4 is 5.32 Å². The number of ether oxygens (including phenoxy) is 1. The molecule has 1 saturated heterocycles. The van der Waals surface area contributed by atoms with Gasteiger partial charge in [-0.3, -0.25) is 4.79 Å². The summed E-state index contributed by atoms with van der Waals surface area (Å²) in [5.74, 6) is 0.143. The monoisotopic (exact) mass is 256 g/mol. The summed E-state index contributed by atoms with van der Waals surface area (Å²) < 4.78 is 5.32. The minimum absolute atomic E-state index is 0.143. The summed E-state index contributed by atoms with van der Waals surface area (Å²) >= 11 is 0. The summed E-state index contributed by atoms with van der Waals surface area (Å²) in [6.07, 6.45) is 1.49. The second-order valence-electron chi connectivity index (χ2n) is 5.82. The first-order valence-electron chi connectivity index (χ1n) is 6.48. The molecular formula is C13H24N2O3. The smallest absolute Gasteiger partial charge is 0.410 e. The molecule has 104 valence electrons. The maximum atomic E-state index is 11.8. The molecule has 0 atom stereocenters. The van der Waals surface area contributed by atoms with E-state index in [-0.39, 0.29) is 11.9 Å². The molecule has 5 heteroatoms. The average molecular weight is 256 g/mol. The molecule has 0 spiro atoms. The molecule has 1 heterocycles. The molecule has 1 aliphatic heterocycles. The molecule has 5 nitrogen and oxygen atoms in total. The summed E-state index contributed by atoms with van der Waals surface area (Å²) in [4.78, 5) is 24.4. The molecule has 0 aliphatic carbocycles. The van der Waals surface area contributed by atoms with Crippen LogP contribution in [0.5, 0.6) is 0 Å². The average Bonchev–Trinajstić information content (AvgIpc) is 2.24. The number of likely N-dealkylation sites (tertiary alicyclic amines) is 1. The van der Waals surface area contributed by atoms with Crippen LogP contribution >= 0.6 is 0 Å². The van der Waals surface area contributed by atoms with E-state index in [0.29, 0.717) is 25.7 Å². The Hall–Kier alpha value is -1.10. The Bertz CT molecular complexity index is 302. The fraction of sp³-hybridized carbons (Fsp3) is 0.846. The van der Waals surface area contributed by atoms with Gasteiger partial charge in [-0.1, -0.05) is 0 Å². The van der Waals surface area contributed by atoms with Gasteiger partial charge >= 0.3 is 6.09 Å². The number of nitrogens with zero attached hydrogens (tertiary/aromatic N) is 1. The van der Waals surface area contributed by atoms with E-state index >= 15 is 0 Å². The second kappa shape index (κ2) is 6.18. The van der Waals surface area contributed by atoms with Crippen molar-refractivity contribution in [3.63, 3.8) is 0 Å². The normalized spacial score (nSPS) is 17.7. The minimum Gasteiger partial charge on any atom is -0.444 e. The van der Waals surface area contributed by atoms with E-state index in [9.17, 15) is 9.59 Å². The van der Waals surface area contributed by atoms with Crippen LogP contribution in [0.15, 0.2) is 0 Å². The zero-order valence-corrected chi connectivity index (χ0v) is 11.8. The Balaban J connectivity index is 2.30. The van der Waals surface area contributed by atoms with E-state index in [4.69, 9.17) is 4.74 Å². The quantitative estimate of drug-likeness (QED) is 0.832. The van der Waals surface area contributed by atoms with Crippen molar-refractivity contribution in [3.8, 4) is 0 Å². The Morgan fingerprint density at radius 3 is 2.28 bits per heavy atom. The number of hydrogen-bond acceptors (Lipinski definition) is 4. The summed E-state index contributed by atoms with van der Waals surface area (Å²) in [7, 11) is 0. The molecule has 0 aromatic heterocycles. The van der Waals surface area contributed by atoms with Crippen molar-refractivity contribution in [1.29, 1.82) is 0 Å². The highest BCUT2D eigenvalue weighted by molar-refractivity contribution is 5.77. The van der Waals surface area contributed by atoms with Crippen LogP contribution in [-0.4, -0.2) is 48.1 Å². The number of carbonyl (C=O) groups excluding carboxylic acids is 2. The predicted molar refractivity (Wildman–Crippen MR) is 69.5 cm³/mol. The van der Waals surface area contributed by atoms with Gasteiger partial charge in [0.1, 0.15) is 11.4 Å². The lowest BCUT2D eigenvalue weighted by Crippen LogP contribution is -2.47. The van der Waals surface area contributed by atoms with E-state index in [2.05, 4.69) is 5.32 Å². The summed E-state index contributed by atoms with van der Waals surface area (Å²) in [5.41, 5.74) is -0.444. The van der Waals surface area contributed by atoms with Crippen molar-refractivity contribution in [2.24, 2.45) is 0 Å². The summed E-state index contributed by atoms with van der Waals surface area (Å²) in [6, 6.07) is 0.326. The third kappa shape index (κ3) is 5.49. The Morgan fingerprint density at radius 2 is 1.83 bits per heavy atom. The van der Waals surface area contributed by atoms with E-state index < -0.39 is 5.60 Å². The highest BCUT2D eigenvalue weighted by atomic mass is 16.6. The van der Waals surface area contributed by atoms with Crippen molar-refractivity contribution in [2.75, 3.05) is 19.6 Å². The molecule has 1 amide bonds. The summed E-state index contributed by atoms with van der Waals surface area (Å²) in [5, 5.41) is 3.20. The van der Waals surface area contributed by atoms with Gasteiger partial charge in [-0.15, -0.1) is 0 Å². The highest BCUT2D eigenvalue weighted by Crippen LogP contribution is 2.15. The first kappa shape index (κ1) is 15.0. The fourth-order valence-corrected chi connectivity index (χ4v) is 1.88. The fourth-order valence-electron chi connectivity index (χ4n) is 1.88. The lowest BCUT2D eigenvalue weighted by molar-refractivity contribution is -0.116. The van der Waals surface area contributed by atoms with Crippen molar-refractivity contribution >= 4 is 11.9 Å². The number of hydrogen-bond donors (Lipinski definition) is 1. The number of nitrogens with one attached hydrogen (secondary N) is 1. The zero-order chi connectivity index (χ0) is 13.8. The minimum atomic E-state index is -0.444. The molecule has 0 unspecified atom stereocenters. The number of ketones is 1.